The Morgan fingerprint density at radius 3 is 2.85 bits per heavy atom. The predicted octanol–water partition coefficient (Wildman–Crippen LogP) is 2.43. The Kier molecular flexibility index (Phi) is 2.76. The van der Waals surface area contributed by atoms with Gasteiger partial charge >= 0.3 is 0 Å². The maximum atomic E-state index is 13.1. The van der Waals surface area contributed by atoms with Gasteiger partial charge in [0.25, 0.3) is 0 Å². The van der Waals surface area contributed by atoms with E-state index in [1.807, 2.05) is 0 Å². The van der Waals surface area contributed by atoms with Crippen LogP contribution in [0.15, 0.2) is 12.1 Å². The Labute approximate surface area is 75.8 Å². The van der Waals surface area contributed by atoms with Crippen molar-refractivity contribution in [3.63, 3.8) is 0 Å². The molecule has 0 fully saturated rings. The molecule has 0 saturated heterocycles. The van der Waals surface area contributed by atoms with E-state index in [1.54, 1.807) is 6.92 Å². The average Bonchev–Trinajstić information content (AvgIpc) is 2.11. The first-order valence-corrected chi connectivity index (χ1v) is 3.79. The van der Waals surface area contributed by atoms with Gasteiger partial charge in [0.2, 0.25) is 0 Å². The number of hydrogen-bond donors (Lipinski definition) is 0. The quantitative estimate of drug-likeness (QED) is 0.502. The second-order valence-corrected chi connectivity index (χ2v) is 2.71. The lowest BCUT2D eigenvalue weighted by molar-refractivity contribution is -0.107. The Morgan fingerprint density at radius 2 is 2.31 bits per heavy atom. The van der Waals surface area contributed by atoms with Gasteiger partial charge in [-0.15, -0.1) is 0 Å². The first-order valence-electron chi connectivity index (χ1n) is 3.79. The molecule has 2 nitrogen and oxygen atoms in total. The monoisotopic (exact) mass is 177 g/mol. The van der Waals surface area contributed by atoms with Gasteiger partial charge in [0.1, 0.15) is 12.1 Å². The van der Waals surface area contributed by atoms with Crippen LogP contribution in [-0.2, 0) is 11.2 Å². The molecule has 0 aliphatic heterocycles. The fraction of sp³-hybridized carbons (Fsp3) is 0.200. The molecule has 0 atom stereocenters. The van der Waals surface area contributed by atoms with Crippen LogP contribution in [0.2, 0.25) is 0 Å². The number of carbonyl (C=O) groups excluding carboxylic acids is 1. The van der Waals surface area contributed by atoms with Gasteiger partial charge in [-0.05, 0) is 24.1 Å². The van der Waals surface area contributed by atoms with Crippen molar-refractivity contribution in [3.8, 4) is 0 Å². The summed E-state index contributed by atoms with van der Waals surface area (Å²) in [6.45, 7) is 8.47. The summed E-state index contributed by atoms with van der Waals surface area (Å²) in [6, 6.07) is 2.71. The zero-order chi connectivity index (χ0) is 9.84. The van der Waals surface area contributed by atoms with Crippen molar-refractivity contribution in [1.29, 1.82) is 0 Å². The van der Waals surface area contributed by atoms with E-state index in [4.69, 9.17) is 6.57 Å². The van der Waals surface area contributed by atoms with Crippen molar-refractivity contribution < 1.29 is 9.18 Å². The zero-order valence-electron chi connectivity index (χ0n) is 7.17. The summed E-state index contributed by atoms with van der Waals surface area (Å²) >= 11 is 0. The number of benzene rings is 1. The molecule has 0 unspecified atom stereocenters. The third-order valence-corrected chi connectivity index (χ3v) is 1.79. The Bertz CT molecular complexity index is 379. The van der Waals surface area contributed by atoms with Gasteiger partial charge in [-0.2, -0.15) is 0 Å². The van der Waals surface area contributed by atoms with Gasteiger partial charge in [-0.3, -0.25) is 0 Å². The molecule has 0 aliphatic rings. The maximum absolute atomic E-state index is 13.1. The number of carbonyl (C=O) groups is 1. The third kappa shape index (κ3) is 1.91. The fourth-order valence-electron chi connectivity index (χ4n) is 1.10. The average molecular weight is 177 g/mol. The fourth-order valence-corrected chi connectivity index (χ4v) is 1.10. The number of aldehydes is 1. The lowest BCUT2D eigenvalue weighted by atomic mass is 10.1. The molecule has 0 amide bonds. The maximum Gasteiger partial charge on any atom is 0.193 e. The van der Waals surface area contributed by atoms with Crippen LogP contribution < -0.4 is 0 Å². The molecule has 66 valence electrons. The minimum Gasteiger partial charge on any atom is -0.303 e. The highest BCUT2D eigenvalue weighted by atomic mass is 19.1. The van der Waals surface area contributed by atoms with E-state index in [2.05, 4.69) is 4.85 Å². The molecule has 0 bridgehead atoms. The predicted molar refractivity (Wildman–Crippen MR) is 47.2 cm³/mol. The van der Waals surface area contributed by atoms with Gasteiger partial charge in [-0.25, -0.2) is 9.24 Å². The van der Waals surface area contributed by atoms with E-state index in [1.165, 1.54) is 12.1 Å². The van der Waals surface area contributed by atoms with E-state index in [0.29, 0.717) is 23.1 Å². The lowest BCUT2D eigenvalue weighted by Gasteiger charge is -2.02. The van der Waals surface area contributed by atoms with Crippen LogP contribution in [-0.4, -0.2) is 6.29 Å². The highest BCUT2D eigenvalue weighted by molar-refractivity contribution is 5.59. The van der Waals surface area contributed by atoms with Crippen LogP contribution in [0.5, 0.6) is 0 Å². The summed E-state index contributed by atoms with van der Waals surface area (Å²) in [4.78, 5) is 13.3. The summed E-state index contributed by atoms with van der Waals surface area (Å²) in [5, 5.41) is 0. The summed E-state index contributed by atoms with van der Waals surface area (Å²) in [5.74, 6) is -0.483. The summed E-state index contributed by atoms with van der Waals surface area (Å²) in [6.07, 6.45) is 0.709. The van der Waals surface area contributed by atoms with Crippen molar-refractivity contribution in [2.24, 2.45) is 0 Å². The number of aryl methyl sites for hydroxylation is 1. The van der Waals surface area contributed by atoms with Crippen LogP contribution in [0.4, 0.5) is 10.1 Å². The topological polar surface area (TPSA) is 21.4 Å². The molecule has 0 saturated carbocycles. The molecule has 0 aromatic heterocycles. The van der Waals surface area contributed by atoms with E-state index >= 15 is 0 Å². The molecule has 0 spiro atoms. The van der Waals surface area contributed by atoms with Gasteiger partial charge in [0, 0.05) is 6.42 Å². The van der Waals surface area contributed by atoms with Crippen molar-refractivity contribution in [3.05, 3.63) is 40.5 Å². The second kappa shape index (κ2) is 3.81. The Morgan fingerprint density at radius 1 is 1.62 bits per heavy atom. The smallest absolute Gasteiger partial charge is 0.193 e. The lowest BCUT2D eigenvalue weighted by Crippen LogP contribution is -1.92. The number of rotatable bonds is 2. The molecule has 1 rings (SSSR count). The van der Waals surface area contributed by atoms with Crippen molar-refractivity contribution in [2.45, 2.75) is 13.3 Å². The second-order valence-electron chi connectivity index (χ2n) is 2.71. The van der Waals surface area contributed by atoms with E-state index < -0.39 is 5.82 Å². The first-order chi connectivity index (χ1) is 6.19. The highest BCUT2D eigenvalue weighted by Gasteiger charge is 2.06. The molecule has 13 heavy (non-hydrogen) atoms. The van der Waals surface area contributed by atoms with E-state index in [-0.39, 0.29) is 6.42 Å². The summed E-state index contributed by atoms with van der Waals surface area (Å²) in [7, 11) is 0. The highest BCUT2D eigenvalue weighted by Crippen LogP contribution is 2.22. The van der Waals surface area contributed by atoms with Crippen molar-refractivity contribution in [2.75, 3.05) is 0 Å². The Balaban J connectivity index is 3.21. The number of nitrogens with zero attached hydrogens (tertiary/aromatic N) is 1. The van der Waals surface area contributed by atoms with Gasteiger partial charge < -0.3 is 4.79 Å². The molecule has 1 aromatic rings. The zero-order valence-corrected chi connectivity index (χ0v) is 7.17. The molecular formula is C10H8FNO. The van der Waals surface area contributed by atoms with Gasteiger partial charge in [-0.1, -0.05) is 6.07 Å². The van der Waals surface area contributed by atoms with Crippen molar-refractivity contribution in [1.82, 2.24) is 0 Å². The van der Waals surface area contributed by atoms with E-state index in [9.17, 15) is 9.18 Å². The summed E-state index contributed by atoms with van der Waals surface area (Å²) in [5.41, 5.74) is 1.35. The minimum atomic E-state index is -0.483. The standard InChI is InChI=1S/C10H8FNO/c1-7-5-8(3-4-13)9(11)6-10(7)12-2/h4-6H,3H2,1H3. The number of hydrogen-bond acceptors (Lipinski definition) is 1. The van der Waals surface area contributed by atoms with E-state index in [0.717, 1.165) is 0 Å². The molecular weight excluding hydrogens is 169 g/mol. The van der Waals surface area contributed by atoms with Crippen molar-refractivity contribution >= 4 is 12.0 Å². The SMILES string of the molecule is [C-]#[N+]c1cc(F)c(CC=O)cc1C. The van der Waals surface area contributed by atoms with Crippen LogP contribution in [0.1, 0.15) is 11.1 Å². The molecule has 0 aliphatic carbocycles. The Hall–Kier alpha value is -1.69. The van der Waals surface area contributed by atoms with Gasteiger partial charge in [0.15, 0.2) is 5.69 Å². The van der Waals surface area contributed by atoms with Crippen LogP contribution in [0.25, 0.3) is 4.85 Å². The third-order valence-electron chi connectivity index (χ3n) is 1.79. The van der Waals surface area contributed by atoms with Gasteiger partial charge in [0.05, 0.1) is 6.57 Å². The van der Waals surface area contributed by atoms with Crippen LogP contribution in [0, 0.1) is 19.3 Å². The van der Waals surface area contributed by atoms with Crippen LogP contribution in [0.3, 0.4) is 0 Å². The normalized spacial score (nSPS) is 9.31. The molecule has 0 heterocycles. The molecule has 3 heteroatoms. The number of halogens is 1. The summed E-state index contributed by atoms with van der Waals surface area (Å²) < 4.78 is 13.1. The molecule has 1 aromatic carbocycles. The van der Waals surface area contributed by atoms with Crippen LogP contribution >= 0.6 is 0 Å². The largest absolute Gasteiger partial charge is 0.303 e. The minimum absolute atomic E-state index is 0.0605. The molecule has 0 N–H and O–H groups in total. The molecule has 0 radical (unpaired) electrons. The first kappa shape index (κ1) is 9.40.